The number of aryl methyl sites for hydroxylation is 1. The van der Waals surface area contributed by atoms with Gasteiger partial charge in [-0.25, -0.2) is 9.78 Å². The normalized spacial score (nSPS) is 11.9. The van der Waals surface area contributed by atoms with E-state index in [4.69, 9.17) is 4.74 Å². The molecular weight excluding hydrogens is 474 g/mol. The maximum Gasteiger partial charge on any atom is 0.336 e. The Morgan fingerprint density at radius 1 is 1.14 bits per heavy atom. The average molecular weight is 510 g/mol. The van der Waals surface area contributed by atoms with E-state index in [2.05, 4.69) is 36.8 Å². The van der Waals surface area contributed by atoms with Gasteiger partial charge in [0.25, 0.3) is 6.01 Å². The van der Waals surface area contributed by atoms with E-state index in [0.29, 0.717) is 42.9 Å². The number of hydrogen-bond donors (Lipinski definition) is 3. The fourth-order valence-corrected chi connectivity index (χ4v) is 4.56. The van der Waals surface area contributed by atoms with Gasteiger partial charge in [0.1, 0.15) is 0 Å². The van der Waals surface area contributed by atoms with Crippen molar-refractivity contribution >= 4 is 24.5 Å². The van der Waals surface area contributed by atoms with Crippen molar-refractivity contribution in [2.45, 2.75) is 47.2 Å². The van der Waals surface area contributed by atoms with Crippen LogP contribution in [0.15, 0.2) is 48.5 Å². The fourth-order valence-electron chi connectivity index (χ4n) is 4.25. The van der Waals surface area contributed by atoms with Crippen LogP contribution in [0.2, 0.25) is 0 Å². The van der Waals surface area contributed by atoms with Crippen molar-refractivity contribution in [3.63, 3.8) is 0 Å². The number of carboxylic acids is 1. The Bertz CT molecular complexity index is 1190. The highest BCUT2D eigenvalue weighted by atomic mass is 32.1. The van der Waals surface area contributed by atoms with Gasteiger partial charge in [0.15, 0.2) is 0 Å². The molecule has 0 unspecified atom stereocenters. The number of rotatable bonds is 12. The third-order valence-electron chi connectivity index (χ3n) is 6.05. The number of hydrogen-bond acceptors (Lipinski definition) is 5. The molecule has 1 amide bonds. The number of aromatic nitrogens is 2. The van der Waals surface area contributed by atoms with Crippen LogP contribution in [0.25, 0.3) is 11.1 Å². The van der Waals surface area contributed by atoms with E-state index in [1.165, 1.54) is 0 Å². The smallest absolute Gasteiger partial charge is 0.336 e. The van der Waals surface area contributed by atoms with Crippen molar-refractivity contribution < 1.29 is 19.4 Å². The number of benzene rings is 2. The minimum absolute atomic E-state index is 0.00902. The fraction of sp³-hybridized carbons (Fsp3) is 0.393. The van der Waals surface area contributed by atoms with Crippen LogP contribution >= 0.6 is 12.6 Å². The van der Waals surface area contributed by atoms with Gasteiger partial charge in [-0.05, 0) is 48.9 Å². The van der Waals surface area contributed by atoms with Crippen LogP contribution in [0, 0.1) is 18.8 Å². The zero-order valence-corrected chi connectivity index (χ0v) is 22.2. The first-order valence-corrected chi connectivity index (χ1v) is 12.9. The molecule has 0 saturated heterocycles. The molecule has 36 heavy (non-hydrogen) atoms. The van der Waals surface area contributed by atoms with Gasteiger partial charge in [0, 0.05) is 11.7 Å². The summed E-state index contributed by atoms with van der Waals surface area (Å²) in [4.78, 5) is 29.0. The third-order valence-corrected chi connectivity index (χ3v) is 6.49. The van der Waals surface area contributed by atoms with Gasteiger partial charge in [0.2, 0.25) is 5.91 Å². The van der Waals surface area contributed by atoms with Crippen molar-refractivity contribution in [2.75, 3.05) is 12.4 Å². The maximum atomic E-state index is 12.8. The van der Waals surface area contributed by atoms with Gasteiger partial charge in [0.05, 0.1) is 36.6 Å². The van der Waals surface area contributed by atoms with Crippen LogP contribution in [0.5, 0.6) is 6.01 Å². The summed E-state index contributed by atoms with van der Waals surface area (Å²) in [7, 11) is 0. The molecular formula is C28H35N3O4S. The molecule has 0 spiro atoms. The molecule has 0 radical (unpaired) electrons. The second-order valence-corrected chi connectivity index (χ2v) is 9.59. The molecule has 0 aliphatic rings. The predicted octanol–water partition coefficient (Wildman–Crippen LogP) is 5.21. The largest absolute Gasteiger partial charge is 0.478 e. The van der Waals surface area contributed by atoms with Gasteiger partial charge in [-0.3, -0.25) is 9.36 Å². The molecule has 1 atom stereocenters. The number of ether oxygens (including phenoxy) is 1. The Morgan fingerprint density at radius 2 is 1.83 bits per heavy atom. The highest BCUT2D eigenvalue weighted by Crippen LogP contribution is 2.26. The standard InChI is InChI=1S/C28H35N3O4S/c1-5-35-28-30-19(4)25(15-29-26(32)22(17-36)14-18(2)3)31(28)16-20-10-12-21(13-11-20)23-8-6-7-9-24(23)27(33)34/h6-13,18,22,36H,5,14-17H2,1-4H3,(H,29,32)(H,33,34)/t22-/m1/s1. The van der Waals surface area contributed by atoms with Crippen molar-refractivity contribution in [1.29, 1.82) is 0 Å². The molecule has 0 fully saturated rings. The van der Waals surface area contributed by atoms with Gasteiger partial charge < -0.3 is 15.2 Å². The lowest BCUT2D eigenvalue weighted by atomic mass is 9.98. The van der Waals surface area contributed by atoms with Gasteiger partial charge >= 0.3 is 5.97 Å². The number of nitrogens with one attached hydrogen (secondary N) is 1. The monoisotopic (exact) mass is 509 g/mol. The molecule has 8 heteroatoms. The minimum Gasteiger partial charge on any atom is -0.478 e. The Morgan fingerprint density at radius 3 is 2.44 bits per heavy atom. The van der Waals surface area contributed by atoms with E-state index in [0.717, 1.165) is 28.9 Å². The predicted molar refractivity (Wildman–Crippen MR) is 145 cm³/mol. The molecule has 0 aliphatic heterocycles. The molecule has 0 bridgehead atoms. The molecule has 0 saturated carbocycles. The zero-order valence-electron chi connectivity index (χ0n) is 21.3. The number of aromatic carboxylic acids is 1. The van der Waals surface area contributed by atoms with Crippen LogP contribution in [0.4, 0.5) is 0 Å². The van der Waals surface area contributed by atoms with Gasteiger partial charge in [-0.1, -0.05) is 56.3 Å². The molecule has 2 N–H and O–H groups in total. The summed E-state index contributed by atoms with van der Waals surface area (Å²) in [5.41, 5.74) is 4.47. The summed E-state index contributed by atoms with van der Waals surface area (Å²) in [6, 6.07) is 15.3. The quantitative estimate of drug-likeness (QED) is 0.291. The van der Waals surface area contributed by atoms with Gasteiger partial charge in [-0.15, -0.1) is 0 Å². The highest BCUT2D eigenvalue weighted by molar-refractivity contribution is 7.80. The molecule has 192 valence electrons. The lowest BCUT2D eigenvalue weighted by molar-refractivity contribution is -0.124. The number of imidazole rings is 1. The Hall–Kier alpha value is -3.26. The summed E-state index contributed by atoms with van der Waals surface area (Å²) in [6.45, 7) is 9.35. The van der Waals surface area contributed by atoms with Crippen molar-refractivity contribution in [3.05, 3.63) is 71.0 Å². The number of nitrogens with zero attached hydrogens (tertiary/aromatic N) is 2. The molecule has 2 aromatic carbocycles. The van der Waals surface area contributed by atoms with E-state index < -0.39 is 5.97 Å². The number of carbonyl (C=O) groups excluding carboxylic acids is 1. The number of amides is 1. The minimum atomic E-state index is -0.954. The summed E-state index contributed by atoms with van der Waals surface area (Å²) >= 11 is 4.37. The summed E-state index contributed by atoms with van der Waals surface area (Å²) in [5.74, 6) is -0.188. The topological polar surface area (TPSA) is 93.5 Å². The molecule has 3 aromatic rings. The third kappa shape index (κ3) is 6.69. The number of thiol groups is 1. The Labute approximate surface area is 218 Å². The first kappa shape index (κ1) is 27.3. The van der Waals surface area contributed by atoms with Gasteiger partial charge in [-0.2, -0.15) is 12.6 Å². The number of carboxylic acid groups (broad SMARTS) is 1. The highest BCUT2D eigenvalue weighted by Gasteiger charge is 2.21. The van der Waals surface area contributed by atoms with Crippen LogP contribution < -0.4 is 10.1 Å². The molecule has 3 rings (SSSR count). The van der Waals surface area contributed by atoms with Crippen molar-refractivity contribution in [2.24, 2.45) is 11.8 Å². The lowest BCUT2D eigenvalue weighted by Crippen LogP contribution is -2.33. The number of carbonyl (C=O) groups is 2. The maximum absolute atomic E-state index is 12.8. The first-order valence-electron chi connectivity index (χ1n) is 12.2. The molecule has 0 aliphatic carbocycles. The van der Waals surface area contributed by atoms with Crippen LogP contribution in [0.1, 0.15) is 54.5 Å². The van der Waals surface area contributed by atoms with Crippen molar-refractivity contribution in [3.8, 4) is 17.1 Å². The van der Waals surface area contributed by atoms with E-state index in [-0.39, 0.29) is 17.4 Å². The summed E-state index contributed by atoms with van der Waals surface area (Å²) in [6.07, 6.45) is 0.787. The Balaban J connectivity index is 1.83. The summed E-state index contributed by atoms with van der Waals surface area (Å²) < 4.78 is 7.78. The van der Waals surface area contributed by atoms with E-state index >= 15 is 0 Å². The van der Waals surface area contributed by atoms with E-state index in [1.807, 2.05) is 54.8 Å². The molecule has 7 nitrogen and oxygen atoms in total. The SMILES string of the molecule is CCOc1nc(C)c(CNC(=O)[C@@H](CS)CC(C)C)n1Cc1ccc(-c2ccccc2C(=O)O)cc1. The first-order chi connectivity index (χ1) is 17.2. The van der Waals surface area contributed by atoms with E-state index in [1.54, 1.807) is 12.1 Å². The second kappa shape index (κ2) is 12.6. The molecule has 1 aromatic heterocycles. The zero-order chi connectivity index (χ0) is 26.2. The second-order valence-electron chi connectivity index (χ2n) is 9.22. The van der Waals surface area contributed by atoms with Crippen molar-refractivity contribution in [1.82, 2.24) is 14.9 Å². The lowest BCUT2D eigenvalue weighted by Gasteiger charge is -2.18. The Kier molecular flexibility index (Phi) is 9.58. The van der Waals surface area contributed by atoms with E-state index in [9.17, 15) is 14.7 Å². The average Bonchev–Trinajstić information content (AvgIpc) is 3.15. The van der Waals surface area contributed by atoms with Crippen LogP contribution in [-0.4, -0.2) is 38.9 Å². The van der Waals surface area contributed by atoms with Crippen LogP contribution in [0.3, 0.4) is 0 Å². The summed E-state index contributed by atoms with van der Waals surface area (Å²) in [5, 5.41) is 12.6. The molecule has 1 heterocycles. The van der Waals surface area contributed by atoms with Crippen LogP contribution in [-0.2, 0) is 17.9 Å².